The first kappa shape index (κ1) is 23.6. The van der Waals surface area contributed by atoms with Crippen LogP contribution in [0.4, 0.5) is 13.2 Å². The lowest BCUT2D eigenvalue weighted by Crippen LogP contribution is -2.28. The highest BCUT2D eigenvalue weighted by Gasteiger charge is 2.38. The number of carbonyl (C=O) groups is 3. The molecule has 1 saturated heterocycles. The lowest BCUT2D eigenvalue weighted by molar-refractivity contribution is -0.192. The zero-order valence-corrected chi connectivity index (χ0v) is 16.7. The Morgan fingerprint density at radius 3 is 1.97 bits per heavy atom. The molecule has 0 bridgehead atoms. The number of hydrogen-bond acceptors (Lipinski definition) is 5. The summed E-state index contributed by atoms with van der Waals surface area (Å²) < 4.78 is 31.7. The van der Waals surface area contributed by atoms with Gasteiger partial charge in [-0.1, -0.05) is 72.4 Å². The van der Waals surface area contributed by atoms with E-state index in [0.29, 0.717) is 6.54 Å². The molecule has 0 unspecified atom stereocenters. The van der Waals surface area contributed by atoms with Crippen molar-refractivity contribution in [2.24, 2.45) is 0 Å². The summed E-state index contributed by atoms with van der Waals surface area (Å²) in [7, 11) is 0. The number of carbonyl (C=O) groups excluding carboxylic acids is 2. The van der Waals surface area contributed by atoms with Crippen LogP contribution in [0.2, 0.25) is 0 Å². The van der Waals surface area contributed by atoms with Crippen LogP contribution in [0, 0.1) is 0 Å². The maximum atomic E-state index is 12.2. The number of likely N-dealkylation sites (tertiary alicyclic amines) is 1. The summed E-state index contributed by atoms with van der Waals surface area (Å²) in [4.78, 5) is 35.5. The van der Waals surface area contributed by atoms with Gasteiger partial charge in [0.25, 0.3) is 0 Å². The summed E-state index contributed by atoms with van der Waals surface area (Å²) in [6, 6.07) is 18.8. The summed E-state index contributed by atoms with van der Waals surface area (Å²) >= 11 is 1.40. The molecule has 0 amide bonds. The van der Waals surface area contributed by atoms with E-state index >= 15 is 0 Å². The van der Waals surface area contributed by atoms with E-state index in [-0.39, 0.29) is 16.1 Å². The Morgan fingerprint density at radius 2 is 1.47 bits per heavy atom. The lowest BCUT2D eigenvalue weighted by Gasteiger charge is -2.14. The first-order valence-electron chi connectivity index (χ1n) is 9.03. The number of carboxylic acids is 1. The minimum atomic E-state index is -5.08. The number of rotatable bonds is 5. The Balaban J connectivity index is 0.000000396. The van der Waals surface area contributed by atoms with E-state index in [1.165, 1.54) is 11.8 Å². The number of aliphatic carboxylic acids is 1. The molecule has 30 heavy (non-hydrogen) atoms. The molecule has 1 aliphatic heterocycles. The van der Waals surface area contributed by atoms with Gasteiger partial charge in [-0.15, -0.1) is 0 Å². The summed E-state index contributed by atoms with van der Waals surface area (Å²) in [5.41, 5.74) is 1.50. The van der Waals surface area contributed by atoms with Crippen LogP contribution in [-0.4, -0.2) is 57.9 Å². The van der Waals surface area contributed by atoms with Crippen LogP contribution in [0.5, 0.6) is 0 Å². The van der Waals surface area contributed by atoms with Crippen LogP contribution in [0.3, 0.4) is 0 Å². The molecule has 1 fully saturated rings. The number of carboxylic acid groups (broad SMARTS) is 1. The SMILES string of the molecule is O=C(CN1CC[C@@H](SC(=O)c2ccccc2)C1)c1ccccc1.O=C(O)C(F)(F)F. The molecule has 9 heteroatoms. The Bertz CT molecular complexity index is 800. The van der Waals surface area contributed by atoms with Crippen LogP contribution in [0.25, 0.3) is 0 Å². The number of nitrogens with zero attached hydrogens (tertiary/aromatic N) is 1. The highest BCUT2D eigenvalue weighted by atomic mass is 32.2. The van der Waals surface area contributed by atoms with Crippen molar-refractivity contribution in [2.75, 3.05) is 19.6 Å². The number of hydrogen-bond donors (Lipinski definition) is 1. The van der Waals surface area contributed by atoms with Crippen LogP contribution in [0.1, 0.15) is 27.1 Å². The third-order valence-corrected chi connectivity index (χ3v) is 5.39. The summed E-state index contributed by atoms with van der Waals surface area (Å²) in [6.07, 6.45) is -4.13. The van der Waals surface area contributed by atoms with Gasteiger partial charge in [-0.2, -0.15) is 13.2 Å². The molecule has 0 spiro atoms. The molecule has 3 rings (SSSR count). The molecular formula is C21H20F3NO4S. The Hall–Kier alpha value is -2.65. The fourth-order valence-corrected chi connectivity index (χ4v) is 3.83. The van der Waals surface area contributed by atoms with Gasteiger partial charge in [-0.3, -0.25) is 14.5 Å². The van der Waals surface area contributed by atoms with E-state index in [1.807, 2.05) is 60.7 Å². The fraction of sp³-hybridized carbons (Fsp3) is 0.286. The highest BCUT2D eigenvalue weighted by molar-refractivity contribution is 8.14. The number of thioether (sulfide) groups is 1. The van der Waals surface area contributed by atoms with Gasteiger partial charge in [-0.25, -0.2) is 4.79 Å². The second-order valence-corrected chi connectivity index (χ2v) is 7.78. The maximum absolute atomic E-state index is 12.2. The second-order valence-electron chi connectivity index (χ2n) is 6.51. The largest absolute Gasteiger partial charge is 0.490 e. The number of alkyl halides is 3. The average Bonchev–Trinajstić information content (AvgIpc) is 3.15. The van der Waals surface area contributed by atoms with E-state index < -0.39 is 12.1 Å². The molecule has 1 aliphatic rings. The molecule has 0 aromatic heterocycles. The Morgan fingerprint density at radius 1 is 0.967 bits per heavy atom. The molecule has 1 atom stereocenters. The smallest absolute Gasteiger partial charge is 0.475 e. The van der Waals surface area contributed by atoms with E-state index in [1.54, 1.807) is 0 Å². The molecule has 0 saturated carbocycles. The van der Waals surface area contributed by atoms with Gasteiger partial charge in [0.15, 0.2) is 5.78 Å². The van der Waals surface area contributed by atoms with Crippen LogP contribution < -0.4 is 0 Å². The van der Waals surface area contributed by atoms with Crippen molar-refractivity contribution >= 4 is 28.6 Å². The number of Topliss-reactive ketones (excluding diaryl/α,β-unsaturated/α-hetero) is 1. The van der Waals surface area contributed by atoms with Crippen LogP contribution in [-0.2, 0) is 4.79 Å². The standard InChI is InChI=1S/C19H19NO2S.C2HF3O2/c21-18(15-7-3-1-4-8-15)14-20-12-11-17(13-20)23-19(22)16-9-5-2-6-10-16;3-2(4,5)1(6)7/h1-10,17H,11-14H2;(H,6,7)/t17-;/m1./s1. The second kappa shape index (κ2) is 10.9. The molecule has 0 aliphatic carbocycles. The highest BCUT2D eigenvalue weighted by Crippen LogP contribution is 2.26. The van der Waals surface area contributed by atoms with Gasteiger partial charge in [0.1, 0.15) is 0 Å². The monoisotopic (exact) mass is 439 g/mol. The van der Waals surface area contributed by atoms with Crippen molar-refractivity contribution < 1.29 is 32.7 Å². The minimum Gasteiger partial charge on any atom is -0.475 e. The van der Waals surface area contributed by atoms with Crippen molar-refractivity contribution in [2.45, 2.75) is 17.8 Å². The third kappa shape index (κ3) is 7.64. The zero-order chi connectivity index (χ0) is 22.1. The number of ketones is 1. The predicted molar refractivity (Wildman–Crippen MR) is 108 cm³/mol. The van der Waals surface area contributed by atoms with Gasteiger partial charge in [0, 0.05) is 22.9 Å². The first-order chi connectivity index (χ1) is 14.2. The number of benzene rings is 2. The zero-order valence-electron chi connectivity index (χ0n) is 15.8. The Kier molecular flexibility index (Phi) is 8.61. The van der Waals surface area contributed by atoms with E-state index in [4.69, 9.17) is 9.90 Å². The first-order valence-corrected chi connectivity index (χ1v) is 9.91. The lowest BCUT2D eigenvalue weighted by atomic mass is 10.1. The van der Waals surface area contributed by atoms with Crippen molar-refractivity contribution in [1.29, 1.82) is 0 Å². The van der Waals surface area contributed by atoms with Crippen molar-refractivity contribution in [1.82, 2.24) is 4.90 Å². The Labute approximate surface area is 175 Å². The quantitative estimate of drug-likeness (QED) is 0.706. The maximum Gasteiger partial charge on any atom is 0.490 e. The van der Waals surface area contributed by atoms with Gasteiger partial charge in [0.05, 0.1) is 6.54 Å². The number of halogens is 3. The van der Waals surface area contributed by atoms with E-state index in [9.17, 15) is 22.8 Å². The molecule has 2 aromatic carbocycles. The van der Waals surface area contributed by atoms with E-state index in [0.717, 1.165) is 30.6 Å². The average molecular weight is 439 g/mol. The molecule has 1 heterocycles. The molecule has 5 nitrogen and oxygen atoms in total. The predicted octanol–water partition coefficient (Wildman–Crippen LogP) is 4.15. The fourth-order valence-electron chi connectivity index (χ4n) is 2.75. The third-order valence-electron chi connectivity index (χ3n) is 4.22. The summed E-state index contributed by atoms with van der Waals surface area (Å²) in [5, 5.41) is 7.51. The summed E-state index contributed by atoms with van der Waals surface area (Å²) in [5.74, 6) is -2.61. The minimum absolute atomic E-state index is 0.117. The summed E-state index contributed by atoms with van der Waals surface area (Å²) in [6.45, 7) is 2.10. The van der Waals surface area contributed by atoms with Gasteiger partial charge in [0.2, 0.25) is 5.12 Å². The van der Waals surface area contributed by atoms with Crippen LogP contribution in [0.15, 0.2) is 60.7 Å². The van der Waals surface area contributed by atoms with Gasteiger partial charge < -0.3 is 5.11 Å². The molecule has 0 radical (unpaired) electrons. The normalized spacial score (nSPS) is 16.4. The van der Waals surface area contributed by atoms with Crippen molar-refractivity contribution in [3.63, 3.8) is 0 Å². The topological polar surface area (TPSA) is 74.7 Å². The van der Waals surface area contributed by atoms with Crippen molar-refractivity contribution in [3.8, 4) is 0 Å². The van der Waals surface area contributed by atoms with Crippen LogP contribution >= 0.6 is 11.8 Å². The van der Waals surface area contributed by atoms with Gasteiger partial charge >= 0.3 is 12.1 Å². The van der Waals surface area contributed by atoms with E-state index in [2.05, 4.69) is 4.90 Å². The van der Waals surface area contributed by atoms with Crippen molar-refractivity contribution in [3.05, 3.63) is 71.8 Å². The molecular weight excluding hydrogens is 419 g/mol. The molecule has 1 N–H and O–H groups in total. The molecule has 2 aromatic rings. The molecule has 160 valence electrons. The van der Waals surface area contributed by atoms with Gasteiger partial charge in [-0.05, 0) is 13.0 Å².